The van der Waals surface area contributed by atoms with Crippen LogP contribution in [0.4, 0.5) is 4.39 Å². The number of oxazole rings is 1. The first-order valence-corrected chi connectivity index (χ1v) is 8.44. The van der Waals surface area contributed by atoms with Gasteiger partial charge in [-0.3, -0.25) is 4.79 Å². The van der Waals surface area contributed by atoms with Crippen molar-refractivity contribution in [1.29, 1.82) is 0 Å². The maximum Gasteiger partial charge on any atom is 0.356 e. The standard InChI is InChI=1S/C19H16FN3O4/c1-2-26-17(24)13-7-10(5-6-22-13)16-23-12-4-3-11(8-14(12)27-16)19(18(21)25)9-15(19)20/h3-8,15H,2,9H2,1H3,(H2,21,25)/t15-,19+/m0/s1. The van der Waals surface area contributed by atoms with Crippen LogP contribution < -0.4 is 5.73 Å². The average molecular weight is 369 g/mol. The van der Waals surface area contributed by atoms with Gasteiger partial charge >= 0.3 is 5.97 Å². The summed E-state index contributed by atoms with van der Waals surface area (Å²) in [7, 11) is 0. The normalized spacial score (nSPS) is 21.2. The number of halogens is 1. The van der Waals surface area contributed by atoms with E-state index in [-0.39, 0.29) is 24.6 Å². The van der Waals surface area contributed by atoms with Crippen LogP contribution in [0.25, 0.3) is 22.6 Å². The summed E-state index contributed by atoms with van der Waals surface area (Å²) in [5.74, 6) is -0.956. The van der Waals surface area contributed by atoms with Gasteiger partial charge in [0.2, 0.25) is 11.8 Å². The third-order valence-electron chi connectivity index (χ3n) is 4.71. The van der Waals surface area contributed by atoms with E-state index in [0.29, 0.717) is 22.2 Å². The van der Waals surface area contributed by atoms with Gasteiger partial charge in [0.05, 0.1) is 6.61 Å². The van der Waals surface area contributed by atoms with Crippen molar-refractivity contribution in [2.45, 2.75) is 24.9 Å². The number of amides is 1. The van der Waals surface area contributed by atoms with Crippen molar-refractivity contribution >= 4 is 23.0 Å². The molecule has 138 valence electrons. The number of nitrogens with zero attached hydrogens (tertiary/aromatic N) is 2. The second-order valence-electron chi connectivity index (χ2n) is 6.36. The number of carbonyl (C=O) groups excluding carboxylic acids is 2. The number of rotatable bonds is 5. The summed E-state index contributed by atoms with van der Waals surface area (Å²) in [5.41, 5.74) is 6.21. The molecular formula is C19H16FN3O4. The zero-order valence-corrected chi connectivity index (χ0v) is 14.4. The predicted molar refractivity (Wildman–Crippen MR) is 93.6 cm³/mol. The number of primary amides is 1. The molecule has 1 saturated carbocycles. The van der Waals surface area contributed by atoms with Gasteiger partial charge in [0, 0.05) is 18.2 Å². The number of fused-ring (bicyclic) bond motifs is 1. The summed E-state index contributed by atoms with van der Waals surface area (Å²) in [4.78, 5) is 31.9. The van der Waals surface area contributed by atoms with Crippen LogP contribution in [0.2, 0.25) is 0 Å². The lowest BCUT2D eigenvalue weighted by atomic mass is 9.95. The molecule has 2 atom stereocenters. The van der Waals surface area contributed by atoms with E-state index >= 15 is 0 Å². The van der Waals surface area contributed by atoms with Crippen molar-refractivity contribution in [3.8, 4) is 11.5 Å². The molecule has 7 nitrogen and oxygen atoms in total. The molecule has 0 bridgehead atoms. The molecule has 2 heterocycles. The van der Waals surface area contributed by atoms with Crippen molar-refractivity contribution in [2.24, 2.45) is 5.73 Å². The van der Waals surface area contributed by atoms with E-state index in [1.165, 1.54) is 12.3 Å². The zero-order valence-electron chi connectivity index (χ0n) is 14.4. The Morgan fingerprint density at radius 2 is 2.15 bits per heavy atom. The van der Waals surface area contributed by atoms with Crippen LogP contribution in [0, 0.1) is 0 Å². The van der Waals surface area contributed by atoms with Crippen molar-refractivity contribution in [3.05, 3.63) is 47.8 Å². The largest absolute Gasteiger partial charge is 0.461 e. The molecular weight excluding hydrogens is 353 g/mol. The number of esters is 1. The van der Waals surface area contributed by atoms with Crippen LogP contribution in [-0.4, -0.2) is 34.6 Å². The van der Waals surface area contributed by atoms with Crippen molar-refractivity contribution in [3.63, 3.8) is 0 Å². The van der Waals surface area contributed by atoms with E-state index in [1.54, 1.807) is 31.2 Å². The first-order valence-electron chi connectivity index (χ1n) is 8.44. The van der Waals surface area contributed by atoms with Crippen molar-refractivity contribution in [1.82, 2.24) is 9.97 Å². The Balaban J connectivity index is 1.72. The Morgan fingerprint density at radius 3 is 2.81 bits per heavy atom. The molecule has 1 fully saturated rings. The molecule has 0 saturated heterocycles. The van der Waals surface area contributed by atoms with Gasteiger partial charge in [-0.25, -0.2) is 19.2 Å². The number of hydrogen-bond acceptors (Lipinski definition) is 6. The Morgan fingerprint density at radius 1 is 1.37 bits per heavy atom. The highest BCUT2D eigenvalue weighted by molar-refractivity contribution is 5.93. The van der Waals surface area contributed by atoms with Crippen LogP contribution in [-0.2, 0) is 14.9 Å². The van der Waals surface area contributed by atoms with E-state index < -0.39 is 23.5 Å². The highest BCUT2D eigenvalue weighted by atomic mass is 19.1. The highest BCUT2D eigenvalue weighted by Crippen LogP contribution is 2.51. The minimum atomic E-state index is -1.29. The minimum absolute atomic E-state index is 0.0715. The molecule has 3 aromatic rings. The number of hydrogen-bond donors (Lipinski definition) is 1. The minimum Gasteiger partial charge on any atom is -0.461 e. The number of alkyl halides is 1. The van der Waals surface area contributed by atoms with Crippen LogP contribution in [0.3, 0.4) is 0 Å². The second-order valence-corrected chi connectivity index (χ2v) is 6.36. The summed E-state index contributed by atoms with van der Waals surface area (Å²) in [6.45, 7) is 1.95. The van der Waals surface area contributed by atoms with Crippen LogP contribution in [0.1, 0.15) is 29.4 Å². The van der Waals surface area contributed by atoms with Gasteiger partial charge in [0.1, 0.15) is 22.8 Å². The van der Waals surface area contributed by atoms with Gasteiger partial charge in [-0.05, 0) is 36.8 Å². The number of nitrogens with two attached hydrogens (primary N) is 1. The van der Waals surface area contributed by atoms with Gasteiger partial charge in [-0.1, -0.05) is 6.07 Å². The SMILES string of the molecule is CCOC(=O)c1cc(-c2nc3ccc([C@]4(C(N)=O)C[C@@H]4F)cc3o2)ccn1. The van der Waals surface area contributed by atoms with E-state index in [2.05, 4.69) is 9.97 Å². The summed E-state index contributed by atoms with van der Waals surface area (Å²) in [6, 6.07) is 8.05. The fraction of sp³-hybridized carbons (Fsp3) is 0.263. The first-order chi connectivity index (χ1) is 13.0. The predicted octanol–water partition coefficient (Wildman–Crippen LogP) is 2.53. The van der Waals surface area contributed by atoms with Gasteiger partial charge in [-0.2, -0.15) is 0 Å². The lowest BCUT2D eigenvalue weighted by Crippen LogP contribution is -2.30. The smallest absolute Gasteiger partial charge is 0.356 e. The molecule has 1 amide bonds. The molecule has 0 aliphatic heterocycles. The van der Waals surface area contributed by atoms with Gasteiger partial charge in [0.25, 0.3) is 0 Å². The van der Waals surface area contributed by atoms with Crippen LogP contribution in [0.5, 0.6) is 0 Å². The molecule has 2 N–H and O–H groups in total. The molecule has 8 heteroatoms. The Kier molecular flexibility index (Phi) is 3.91. The van der Waals surface area contributed by atoms with Gasteiger partial charge in [-0.15, -0.1) is 0 Å². The molecule has 1 aliphatic rings. The molecule has 1 aromatic carbocycles. The topological polar surface area (TPSA) is 108 Å². The number of carbonyl (C=O) groups is 2. The van der Waals surface area contributed by atoms with E-state index in [9.17, 15) is 14.0 Å². The Labute approximate surface area is 153 Å². The molecule has 2 aromatic heterocycles. The van der Waals surface area contributed by atoms with E-state index in [4.69, 9.17) is 14.9 Å². The highest BCUT2D eigenvalue weighted by Gasteiger charge is 2.61. The second kappa shape index (κ2) is 6.15. The fourth-order valence-electron chi connectivity index (χ4n) is 3.13. The van der Waals surface area contributed by atoms with E-state index in [1.807, 2.05) is 0 Å². The molecule has 0 spiro atoms. The van der Waals surface area contributed by atoms with Gasteiger partial charge < -0.3 is 14.9 Å². The molecule has 0 unspecified atom stereocenters. The molecule has 0 radical (unpaired) electrons. The summed E-state index contributed by atoms with van der Waals surface area (Å²) in [6.07, 6.45) is 0.242. The van der Waals surface area contributed by atoms with Crippen LogP contribution >= 0.6 is 0 Å². The lowest BCUT2D eigenvalue weighted by Gasteiger charge is -2.10. The number of benzene rings is 1. The number of ether oxygens (including phenoxy) is 1. The lowest BCUT2D eigenvalue weighted by molar-refractivity contribution is -0.120. The monoisotopic (exact) mass is 369 g/mol. The van der Waals surface area contributed by atoms with Crippen molar-refractivity contribution < 1.29 is 23.1 Å². The Bertz CT molecular complexity index is 1060. The molecule has 27 heavy (non-hydrogen) atoms. The van der Waals surface area contributed by atoms with E-state index in [0.717, 1.165) is 0 Å². The summed E-state index contributed by atoms with van der Waals surface area (Å²) >= 11 is 0. The maximum absolute atomic E-state index is 13.8. The average Bonchev–Trinajstić information content (AvgIpc) is 3.17. The summed E-state index contributed by atoms with van der Waals surface area (Å²) in [5, 5.41) is 0. The zero-order chi connectivity index (χ0) is 19.2. The third-order valence-corrected chi connectivity index (χ3v) is 4.71. The Hall–Kier alpha value is -3.29. The van der Waals surface area contributed by atoms with Crippen LogP contribution in [0.15, 0.2) is 40.9 Å². The maximum atomic E-state index is 13.8. The molecule has 4 rings (SSSR count). The first kappa shape index (κ1) is 17.1. The fourth-order valence-corrected chi connectivity index (χ4v) is 3.13. The summed E-state index contributed by atoms with van der Waals surface area (Å²) < 4.78 is 24.5. The number of pyridine rings is 1. The molecule has 1 aliphatic carbocycles. The quantitative estimate of drug-likeness (QED) is 0.692. The van der Waals surface area contributed by atoms with Gasteiger partial charge in [0.15, 0.2) is 5.58 Å². The van der Waals surface area contributed by atoms with Crippen molar-refractivity contribution in [2.75, 3.05) is 6.61 Å². The number of aromatic nitrogens is 2. The third kappa shape index (κ3) is 2.73.